The summed E-state index contributed by atoms with van der Waals surface area (Å²) in [6.07, 6.45) is 1.65. The van der Waals surface area contributed by atoms with Gasteiger partial charge in [0.05, 0.1) is 10.7 Å². The van der Waals surface area contributed by atoms with E-state index in [0.29, 0.717) is 11.8 Å². The Balaban J connectivity index is 1.46. The maximum Gasteiger partial charge on any atom is 0.265 e. The Morgan fingerprint density at radius 2 is 1.72 bits per heavy atom. The number of fused-ring (bicyclic) bond motifs is 1. The molecule has 132 valence electrons. The average Bonchev–Trinajstić information content (AvgIpc) is 3.22. The lowest BCUT2D eigenvalue weighted by Gasteiger charge is -2.23. The van der Waals surface area contributed by atoms with Gasteiger partial charge in [0.25, 0.3) is 5.91 Å². The number of aromatic nitrogens is 3. The molecule has 0 saturated carbocycles. The van der Waals surface area contributed by atoms with E-state index in [1.165, 1.54) is 11.3 Å². The summed E-state index contributed by atoms with van der Waals surface area (Å²) in [5.74, 6) is 2.24. The number of hydrogen-bond acceptors (Lipinski definition) is 6. The predicted molar refractivity (Wildman–Crippen MR) is 98.2 cm³/mol. The Hall–Kier alpha value is -2.02. The Labute approximate surface area is 151 Å². The summed E-state index contributed by atoms with van der Waals surface area (Å²) in [5.41, 5.74) is 3.05. The van der Waals surface area contributed by atoms with E-state index in [1.54, 1.807) is 6.33 Å². The van der Waals surface area contributed by atoms with Gasteiger partial charge in [0, 0.05) is 49.3 Å². The van der Waals surface area contributed by atoms with E-state index in [4.69, 9.17) is 0 Å². The van der Waals surface area contributed by atoms with Crippen molar-refractivity contribution in [1.29, 1.82) is 0 Å². The minimum atomic E-state index is 0.151. The lowest BCUT2D eigenvalue weighted by Crippen LogP contribution is -2.33. The van der Waals surface area contributed by atoms with Crippen molar-refractivity contribution in [1.82, 2.24) is 19.9 Å². The second kappa shape index (κ2) is 6.05. The quantitative estimate of drug-likeness (QED) is 0.826. The first-order chi connectivity index (χ1) is 11.9. The summed E-state index contributed by atoms with van der Waals surface area (Å²) in [4.78, 5) is 31.2. The van der Waals surface area contributed by atoms with Gasteiger partial charge < -0.3 is 9.80 Å². The molecule has 2 aromatic rings. The van der Waals surface area contributed by atoms with Crippen LogP contribution in [-0.4, -0.2) is 51.9 Å². The van der Waals surface area contributed by atoms with Crippen LogP contribution in [0, 0.1) is 39.5 Å². The molecule has 25 heavy (non-hydrogen) atoms. The van der Waals surface area contributed by atoms with Gasteiger partial charge in [0.2, 0.25) is 0 Å². The molecule has 2 fully saturated rings. The maximum atomic E-state index is 12.8. The molecule has 0 radical (unpaired) electrons. The van der Waals surface area contributed by atoms with Crippen LogP contribution in [0.4, 0.5) is 5.82 Å². The summed E-state index contributed by atoms with van der Waals surface area (Å²) >= 11 is 1.51. The highest BCUT2D eigenvalue weighted by Gasteiger charge is 2.43. The first-order valence-electron chi connectivity index (χ1n) is 8.70. The van der Waals surface area contributed by atoms with Gasteiger partial charge in [-0.1, -0.05) is 0 Å². The van der Waals surface area contributed by atoms with Crippen molar-refractivity contribution in [2.75, 3.05) is 31.1 Å². The van der Waals surface area contributed by atoms with Crippen LogP contribution in [0.3, 0.4) is 0 Å². The summed E-state index contributed by atoms with van der Waals surface area (Å²) in [6.45, 7) is 11.6. The van der Waals surface area contributed by atoms with Gasteiger partial charge in [0.1, 0.15) is 17.0 Å². The number of rotatable bonds is 2. The van der Waals surface area contributed by atoms with E-state index in [-0.39, 0.29) is 5.91 Å². The molecule has 0 N–H and O–H groups in total. The molecule has 0 aliphatic carbocycles. The SMILES string of the molecule is Cc1nc(C)c(C(=O)N2CC3CN(c4ncnc(C)c4C)CC3C2)s1. The Morgan fingerprint density at radius 1 is 1.04 bits per heavy atom. The zero-order valence-corrected chi connectivity index (χ0v) is 15.9. The molecule has 6 nitrogen and oxygen atoms in total. The van der Waals surface area contributed by atoms with Gasteiger partial charge in [-0.2, -0.15) is 0 Å². The summed E-state index contributed by atoms with van der Waals surface area (Å²) in [7, 11) is 0. The van der Waals surface area contributed by atoms with Gasteiger partial charge in [-0.25, -0.2) is 15.0 Å². The van der Waals surface area contributed by atoms with Crippen molar-refractivity contribution in [3.63, 3.8) is 0 Å². The second-order valence-corrected chi connectivity index (χ2v) is 8.39. The van der Waals surface area contributed by atoms with Crippen LogP contribution >= 0.6 is 11.3 Å². The third kappa shape index (κ3) is 2.80. The van der Waals surface area contributed by atoms with E-state index >= 15 is 0 Å². The highest BCUT2D eigenvalue weighted by molar-refractivity contribution is 7.13. The van der Waals surface area contributed by atoms with Crippen molar-refractivity contribution >= 4 is 23.1 Å². The highest BCUT2D eigenvalue weighted by atomic mass is 32.1. The van der Waals surface area contributed by atoms with Gasteiger partial charge in [-0.3, -0.25) is 4.79 Å². The zero-order chi connectivity index (χ0) is 17.7. The van der Waals surface area contributed by atoms with Gasteiger partial charge >= 0.3 is 0 Å². The van der Waals surface area contributed by atoms with Crippen LogP contribution in [-0.2, 0) is 0 Å². The van der Waals surface area contributed by atoms with Crippen molar-refractivity contribution in [2.24, 2.45) is 11.8 Å². The van der Waals surface area contributed by atoms with Crippen molar-refractivity contribution in [2.45, 2.75) is 27.7 Å². The number of anilines is 1. The largest absolute Gasteiger partial charge is 0.356 e. The lowest BCUT2D eigenvalue weighted by atomic mass is 10.0. The van der Waals surface area contributed by atoms with Gasteiger partial charge in [-0.15, -0.1) is 11.3 Å². The van der Waals surface area contributed by atoms with E-state index in [0.717, 1.165) is 58.8 Å². The fraction of sp³-hybridized carbons (Fsp3) is 0.556. The number of nitrogens with zero attached hydrogens (tertiary/aromatic N) is 5. The molecule has 4 heterocycles. The van der Waals surface area contributed by atoms with E-state index in [2.05, 4.69) is 26.8 Å². The van der Waals surface area contributed by atoms with E-state index in [1.807, 2.05) is 25.7 Å². The second-order valence-electron chi connectivity index (χ2n) is 7.19. The number of carbonyl (C=O) groups excluding carboxylic acids is 1. The number of thiazole rings is 1. The number of likely N-dealkylation sites (tertiary alicyclic amines) is 1. The fourth-order valence-electron chi connectivity index (χ4n) is 4.05. The first kappa shape index (κ1) is 16.4. The molecule has 2 unspecified atom stereocenters. The highest BCUT2D eigenvalue weighted by Crippen LogP contribution is 2.35. The predicted octanol–water partition coefficient (Wildman–Crippen LogP) is 2.38. The lowest BCUT2D eigenvalue weighted by molar-refractivity contribution is 0.0786. The summed E-state index contributed by atoms with van der Waals surface area (Å²) in [5, 5.41) is 0.959. The molecule has 0 aromatic carbocycles. The van der Waals surface area contributed by atoms with Crippen molar-refractivity contribution < 1.29 is 4.79 Å². The van der Waals surface area contributed by atoms with Crippen LogP contribution in [0.15, 0.2) is 6.33 Å². The number of amides is 1. The molecule has 2 atom stereocenters. The Bertz CT molecular complexity index is 819. The molecular formula is C18H23N5OS. The van der Waals surface area contributed by atoms with Gasteiger partial charge in [0.15, 0.2) is 0 Å². The van der Waals surface area contributed by atoms with Crippen molar-refractivity contribution in [3.8, 4) is 0 Å². The van der Waals surface area contributed by atoms with E-state index < -0.39 is 0 Å². The standard InChI is InChI=1S/C18H23N5OS/c1-10-11(2)19-9-20-17(10)22-5-14-7-23(8-15(14)6-22)18(24)16-12(3)21-13(4)25-16/h9,14-15H,5-8H2,1-4H3. The fourth-order valence-corrected chi connectivity index (χ4v) is 4.94. The molecule has 7 heteroatoms. The minimum Gasteiger partial charge on any atom is -0.356 e. The molecule has 2 aromatic heterocycles. The third-order valence-corrected chi connectivity index (χ3v) is 6.54. The molecule has 2 aliphatic rings. The smallest absolute Gasteiger partial charge is 0.265 e. The number of carbonyl (C=O) groups is 1. The van der Waals surface area contributed by atoms with Crippen LogP contribution < -0.4 is 4.90 Å². The minimum absolute atomic E-state index is 0.151. The van der Waals surface area contributed by atoms with E-state index in [9.17, 15) is 4.79 Å². The number of hydrogen-bond donors (Lipinski definition) is 0. The van der Waals surface area contributed by atoms with Crippen molar-refractivity contribution in [3.05, 3.63) is 33.2 Å². The Kier molecular flexibility index (Phi) is 3.98. The maximum absolute atomic E-state index is 12.8. The molecule has 1 amide bonds. The summed E-state index contributed by atoms with van der Waals surface area (Å²) < 4.78 is 0. The monoisotopic (exact) mass is 357 g/mol. The first-order valence-corrected chi connectivity index (χ1v) is 9.52. The third-order valence-electron chi connectivity index (χ3n) is 5.48. The Morgan fingerprint density at radius 3 is 2.32 bits per heavy atom. The molecule has 0 spiro atoms. The van der Waals surface area contributed by atoms with Crippen LogP contribution in [0.1, 0.15) is 31.6 Å². The zero-order valence-electron chi connectivity index (χ0n) is 15.1. The molecule has 2 saturated heterocycles. The topological polar surface area (TPSA) is 62.2 Å². The molecule has 4 rings (SSSR count). The normalized spacial score (nSPS) is 22.6. The van der Waals surface area contributed by atoms with Crippen LogP contribution in [0.2, 0.25) is 0 Å². The molecule has 2 aliphatic heterocycles. The molecular weight excluding hydrogens is 334 g/mol. The van der Waals surface area contributed by atoms with Crippen LogP contribution in [0.25, 0.3) is 0 Å². The molecule has 0 bridgehead atoms. The van der Waals surface area contributed by atoms with Crippen LogP contribution in [0.5, 0.6) is 0 Å². The average molecular weight is 357 g/mol. The van der Waals surface area contributed by atoms with Gasteiger partial charge in [-0.05, 0) is 27.7 Å². The summed E-state index contributed by atoms with van der Waals surface area (Å²) in [6, 6.07) is 0. The number of aryl methyl sites for hydroxylation is 3.